The molecule has 0 N–H and O–H groups in total. The molecule has 3 unspecified atom stereocenters. The fourth-order valence-electron chi connectivity index (χ4n) is 2.17. The molecule has 0 bridgehead atoms. The third kappa shape index (κ3) is 4.24. The Kier molecular flexibility index (Phi) is 4.77. The topological polar surface area (TPSA) is 52.6 Å². The standard InChI is InChI=1S/C13H23O4P/c1-12(2,3)8-13(4,18-5)11(15)17-9-6-10(14)16-7-9/h9,18H,6-8H2,1-5H3. The van der Waals surface area contributed by atoms with E-state index >= 15 is 0 Å². The molecule has 1 aliphatic rings. The van der Waals surface area contributed by atoms with E-state index in [-0.39, 0.29) is 30.4 Å². The lowest BCUT2D eigenvalue weighted by Crippen LogP contribution is -2.38. The van der Waals surface area contributed by atoms with Crippen LogP contribution in [0.1, 0.15) is 40.5 Å². The molecule has 4 nitrogen and oxygen atoms in total. The summed E-state index contributed by atoms with van der Waals surface area (Å²) in [6.45, 7) is 10.5. The maximum atomic E-state index is 12.3. The van der Waals surface area contributed by atoms with Crippen molar-refractivity contribution in [1.82, 2.24) is 0 Å². The van der Waals surface area contributed by atoms with E-state index in [9.17, 15) is 9.59 Å². The Hall–Kier alpha value is -0.630. The smallest absolute Gasteiger partial charge is 0.316 e. The van der Waals surface area contributed by atoms with Crippen LogP contribution in [0.5, 0.6) is 0 Å². The van der Waals surface area contributed by atoms with Crippen LogP contribution in [0, 0.1) is 5.41 Å². The first-order chi connectivity index (χ1) is 8.16. The van der Waals surface area contributed by atoms with Gasteiger partial charge in [-0.15, -0.1) is 8.58 Å². The molecular weight excluding hydrogens is 251 g/mol. The van der Waals surface area contributed by atoms with Gasteiger partial charge in [0, 0.05) is 0 Å². The lowest BCUT2D eigenvalue weighted by molar-refractivity contribution is -0.152. The molecule has 0 saturated carbocycles. The van der Waals surface area contributed by atoms with Crippen molar-refractivity contribution < 1.29 is 19.1 Å². The first-order valence-electron chi connectivity index (χ1n) is 6.22. The minimum absolute atomic E-state index is 0.0682. The van der Waals surface area contributed by atoms with Gasteiger partial charge < -0.3 is 9.47 Å². The third-order valence-electron chi connectivity index (χ3n) is 2.98. The predicted octanol–water partition coefficient (Wildman–Crippen LogP) is 2.35. The van der Waals surface area contributed by atoms with Gasteiger partial charge in [-0.05, 0) is 25.4 Å². The van der Waals surface area contributed by atoms with Gasteiger partial charge in [0.1, 0.15) is 12.7 Å². The van der Waals surface area contributed by atoms with E-state index in [4.69, 9.17) is 9.47 Å². The van der Waals surface area contributed by atoms with E-state index in [1.807, 2.05) is 13.6 Å². The molecule has 1 rings (SSSR count). The van der Waals surface area contributed by atoms with Crippen LogP contribution >= 0.6 is 8.58 Å². The van der Waals surface area contributed by atoms with Crippen molar-refractivity contribution in [2.24, 2.45) is 5.41 Å². The zero-order chi connectivity index (χ0) is 14.0. The molecule has 1 heterocycles. The lowest BCUT2D eigenvalue weighted by Gasteiger charge is -2.33. The average molecular weight is 274 g/mol. The molecule has 1 aliphatic heterocycles. The number of carbonyl (C=O) groups is 2. The number of hydrogen-bond acceptors (Lipinski definition) is 4. The minimum atomic E-state index is -0.468. The van der Waals surface area contributed by atoms with Crippen molar-refractivity contribution in [2.75, 3.05) is 13.3 Å². The van der Waals surface area contributed by atoms with Gasteiger partial charge in [0.15, 0.2) is 0 Å². The first kappa shape index (κ1) is 15.4. The first-order valence-corrected chi connectivity index (χ1v) is 7.72. The molecule has 104 valence electrons. The van der Waals surface area contributed by atoms with Crippen LogP contribution in [0.4, 0.5) is 0 Å². The van der Waals surface area contributed by atoms with Crippen LogP contribution in [0.3, 0.4) is 0 Å². The molecule has 18 heavy (non-hydrogen) atoms. The van der Waals surface area contributed by atoms with Crippen LogP contribution in [0.25, 0.3) is 0 Å². The quantitative estimate of drug-likeness (QED) is 0.583. The molecule has 0 aromatic rings. The number of carbonyl (C=O) groups excluding carboxylic acids is 2. The summed E-state index contributed by atoms with van der Waals surface area (Å²) in [6.07, 6.45) is 0.556. The van der Waals surface area contributed by atoms with E-state index < -0.39 is 11.3 Å². The molecule has 3 atom stereocenters. The summed E-state index contributed by atoms with van der Waals surface area (Å²) in [6, 6.07) is 0. The Labute approximate surface area is 111 Å². The van der Waals surface area contributed by atoms with Crippen LogP contribution < -0.4 is 0 Å². The molecule has 0 spiro atoms. The third-order valence-corrected chi connectivity index (χ3v) is 4.47. The Morgan fingerprint density at radius 2 is 2.06 bits per heavy atom. The fourth-order valence-corrected chi connectivity index (χ4v) is 3.14. The van der Waals surface area contributed by atoms with Gasteiger partial charge in [-0.2, -0.15) is 0 Å². The summed E-state index contributed by atoms with van der Waals surface area (Å²) in [5.41, 5.74) is 0.0682. The van der Waals surface area contributed by atoms with Gasteiger partial charge in [0.05, 0.1) is 11.6 Å². The van der Waals surface area contributed by atoms with Gasteiger partial charge in [-0.3, -0.25) is 9.59 Å². The molecule has 0 aromatic heterocycles. The minimum Gasteiger partial charge on any atom is -0.462 e. The highest BCUT2D eigenvalue weighted by atomic mass is 31.1. The second-order valence-electron chi connectivity index (χ2n) is 6.23. The van der Waals surface area contributed by atoms with Crippen LogP contribution in [-0.2, 0) is 19.1 Å². The van der Waals surface area contributed by atoms with E-state index in [0.717, 1.165) is 6.42 Å². The summed E-state index contributed by atoms with van der Waals surface area (Å²) in [5, 5.41) is -0.468. The molecule has 0 amide bonds. The summed E-state index contributed by atoms with van der Waals surface area (Å²) in [4.78, 5) is 23.2. The van der Waals surface area contributed by atoms with Crippen molar-refractivity contribution in [2.45, 2.75) is 51.8 Å². The predicted molar refractivity (Wildman–Crippen MR) is 72.2 cm³/mol. The number of hydrogen-bond donors (Lipinski definition) is 0. The van der Waals surface area contributed by atoms with Crippen molar-refractivity contribution in [3.63, 3.8) is 0 Å². The normalized spacial score (nSPS) is 24.1. The Balaban J connectivity index is 2.64. The second-order valence-corrected chi connectivity index (χ2v) is 7.84. The Morgan fingerprint density at radius 3 is 2.44 bits per heavy atom. The molecular formula is C13H23O4P. The molecule has 5 heteroatoms. The zero-order valence-electron chi connectivity index (χ0n) is 11.8. The second kappa shape index (κ2) is 5.56. The van der Waals surface area contributed by atoms with Crippen molar-refractivity contribution in [3.8, 4) is 0 Å². The largest absolute Gasteiger partial charge is 0.462 e. The van der Waals surface area contributed by atoms with E-state index in [1.54, 1.807) is 0 Å². The highest BCUT2D eigenvalue weighted by molar-refractivity contribution is 7.40. The number of esters is 2. The van der Waals surface area contributed by atoms with Gasteiger partial charge in [-0.25, -0.2) is 0 Å². The summed E-state index contributed by atoms with van der Waals surface area (Å²) >= 11 is 0. The maximum Gasteiger partial charge on any atom is 0.316 e. The van der Waals surface area contributed by atoms with Gasteiger partial charge in [0.2, 0.25) is 0 Å². The highest BCUT2D eigenvalue weighted by Crippen LogP contribution is 2.40. The molecule has 1 fully saturated rings. The zero-order valence-corrected chi connectivity index (χ0v) is 12.8. The Bertz CT molecular complexity index is 334. The van der Waals surface area contributed by atoms with Crippen molar-refractivity contribution >= 4 is 20.5 Å². The molecule has 0 aromatic carbocycles. The van der Waals surface area contributed by atoms with E-state index in [2.05, 4.69) is 20.8 Å². The van der Waals surface area contributed by atoms with Gasteiger partial charge in [0.25, 0.3) is 0 Å². The summed E-state index contributed by atoms with van der Waals surface area (Å²) in [7, 11) is 0.472. The monoisotopic (exact) mass is 274 g/mol. The maximum absolute atomic E-state index is 12.3. The fraction of sp³-hybridized carbons (Fsp3) is 0.846. The summed E-state index contributed by atoms with van der Waals surface area (Å²) in [5.74, 6) is -0.495. The number of cyclic esters (lactones) is 1. The van der Waals surface area contributed by atoms with E-state index in [1.165, 1.54) is 0 Å². The SMILES string of the molecule is CPC(C)(CC(C)(C)C)C(=O)OC1COC(=O)C1. The Morgan fingerprint density at radius 1 is 1.44 bits per heavy atom. The van der Waals surface area contributed by atoms with Crippen molar-refractivity contribution in [1.29, 1.82) is 0 Å². The van der Waals surface area contributed by atoms with E-state index in [0.29, 0.717) is 8.58 Å². The van der Waals surface area contributed by atoms with Gasteiger partial charge in [-0.1, -0.05) is 20.8 Å². The van der Waals surface area contributed by atoms with Crippen LogP contribution in [0.15, 0.2) is 0 Å². The lowest BCUT2D eigenvalue weighted by atomic mass is 9.85. The van der Waals surface area contributed by atoms with Gasteiger partial charge >= 0.3 is 11.9 Å². The number of rotatable bonds is 4. The number of ether oxygens (including phenoxy) is 2. The molecule has 0 aliphatic carbocycles. The molecule has 1 saturated heterocycles. The van der Waals surface area contributed by atoms with Crippen molar-refractivity contribution in [3.05, 3.63) is 0 Å². The highest BCUT2D eigenvalue weighted by Gasteiger charge is 2.39. The molecule has 0 radical (unpaired) electrons. The van der Waals surface area contributed by atoms with Crippen LogP contribution in [-0.4, -0.2) is 36.5 Å². The average Bonchev–Trinajstić information content (AvgIpc) is 2.61. The van der Waals surface area contributed by atoms with Crippen LogP contribution in [0.2, 0.25) is 0 Å². The summed E-state index contributed by atoms with van der Waals surface area (Å²) < 4.78 is 10.2.